The maximum absolute atomic E-state index is 12.5. The van der Waals surface area contributed by atoms with Gasteiger partial charge < -0.3 is 10.0 Å². The number of amides is 1. The first-order chi connectivity index (χ1) is 9.60. The van der Waals surface area contributed by atoms with E-state index in [1.165, 1.54) is 17.8 Å². The van der Waals surface area contributed by atoms with Crippen LogP contribution >= 0.6 is 11.3 Å². The lowest BCUT2D eigenvalue weighted by molar-refractivity contribution is 0.0623. The summed E-state index contributed by atoms with van der Waals surface area (Å²) in [5, 5.41) is 10.6. The Hall–Kier alpha value is -1.31. The van der Waals surface area contributed by atoms with Gasteiger partial charge in [-0.25, -0.2) is 0 Å². The van der Waals surface area contributed by atoms with Crippen LogP contribution in [0.2, 0.25) is 0 Å². The van der Waals surface area contributed by atoms with Crippen LogP contribution in [0.25, 0.3) is 0 Å². The molecule has 0 bridgehead atoms. The molecule has 1 aromatic rings. The molecule has 0 radical (unpaired) electrons. The highest BCUT2D eigenvalue weighted by atomic mass is 32.1. The average Bonchev–Trinajstić information content (AvgIpc) is 2.86. The number of carbonyl (C=O) groups excluding carboxylic acids is 1. The minimum absolute atomic E-state index is 0.0771. The molecule has 2 atom stereocenters. The van der Waals surface area contributed by atoms with Crippen LogP contribution in [-0.2, 0) is 0 Å². The molecular formula is C16H21NO2S. The Bertz CT molecular complexity index is 516. The number of aliphatic hydroxyl groups is 1. The van der Waals surface area contributed by atoms with Crippen molar-refractivity contribution in [1.29, 1.82) is 0 Å². The lowest BCUT2D eigenvalue weighted by atomic mass is 9.91. The zero-order valence-corrected chi connectivity index (χ0v) is 12.9. The fraction of sp³-hybridized carbons (Fsp3) is 0.562. The fourth-order valence-electron chi connectivity index (χ4n) is 2.73. The van der Waals surface area contributed by atoms with Crippen LogP contribution in [0.4, 0.5) is 0 Å². The van der Waals surface area contributed by atoms with Crippen LogP contribution in [0.5, 0.6) is 0 Å². The lowest BCUT2D eigenvalue weighted by Gasteiger charge is -2.34. The molecule has 20 heavy (non-hydrogen) atoms. The van der Waals surface area contributed by atoms with Crippen LogP contribution in [-0.4, -0.2) is 35.6 Å². The van der Waals surface area contributed by atoms with E-state index in [0.29, 0.717) is 18.3 Å². The SMILES string of the molecule is CC1CC(C)CN(C(=O)c2csc(C#CCCO)c2)C1. The molecule has 0 spiro atoms. The maximum Gasteiger partial charge on any atom is 0.254 e. The van der Waals surface area contributed by atoms with Gasteiger partial charge in [0.1, 0.15) is 0 Å². The first-order valence-corrected chi connectivity index (χ1v) is 7.95. The minimum Gasteiger partial charge on any atom is -0.395 e. The van der Waals surface area contributed by atoms with Crippen LogP contribution in [0.1, 0.15) is 41.9 Å². The highest BCUT2D eigenvalue weighted by Crippen LogP contribution is 2.24. The number of hydrogen-bond acceptors (Lipinski definition) is 3. The van der Waals surface area contributed by atoms with Crippen LogP contribution in [0.15, 0.2) is 11.4 Å². The van der Waals surface area contributed by atoms with E-state index in [1.54, 1.807) is 0 Å². The highest BCUT2D eigenvalue weighted by Gasteiger charge is 2.26. The molecule has 2 rings (SSSR count). The third-order valence-electron chi connectivity index (χ3n) is 3.45. The number of piperidine rings is 1. The molecule has 2 unspecified atom stereocenters. The molecule has 0 aromatic carbocycles. The number of thiophene rings is 1. The van der Waals surface area contributed by atoms with E-state index in [2.05, 4.69) is 25.7 Å². The summed E-state index contributed by atoms with van der Waals surface area (Å²) in [7, 11) is 0. The monoisotopic (exact) mass is 291 g/mol. The Morgan fingerprint density at radius 3 is 2.80 bits per heavy atom. The van der Waals surface area contributed by atoms with E-state index in [9.17, 15) is 4.79 Å². The van der Waals surface area contributed by atoms with E-state index in [-0.39, 0.29) is 12.5 Å². The summed E-state index contributed by atoms with van der Waals surface area (Å²) < 4.78 is 0. The van der Waals surface area contributed by atoms with Gasteiger partial charge in [-0.3, -0.25) is 4.79 Å². The number of nitrogens with zero attached hydrogens (tertiary/aromatic N) is 1. The van der Waals surface area contributed by atoms with E-state index >= 15 is 0 Å². The van der Waals surface area contributed by atoms with Crippen molar-refractivity contribution in [3.63, 3.8) is 0 Å². The van der Waals surface area contributed by atoms with Crippen molar-refractivity contribution in [2.24, 2.45) is 11.8 Å². The predicted octanol–water partition coefficient (Wildman–Crippen LogP) is 2.60. The molecule has 1 N–H and O–H groups in total. The van der Waals surface area contributed by atoms with Crippen molar-refractivity contribution in [2.75, 3.05) is 19.7 Å². The topological polar surface area (TPSA) is 40.5 Å². The summed E-state index contributed by atoms with van der Waals surface area (Å²) in [4.78, 5) is 15.3. The third kappa shape index (κ3) is 3.84. The predicted molar refractivity (Wildman–Crippen MR) is 81.7 cm³/mol. The Balaban J connectivity index is 2.04. The largest absolute Gasteiger partial charge is 0.395 e. The van der Waals surface area contributed by atoms with Gasteiger partial charge in [-0.15, -0.1) is 11.3 Å². The summed E-state index contributed by atoms with van der Waals surface area (Å²) in [5.74, 6) is 7.13. The van der Waals surface area contributed by atoms with Crippen LogP contribution < -0.4 is 0 Å². The Labute approximate surface area is 124 Å². The van der Waals surface area contributed by atoms with Crippen molar-refractivity contribution >= 4 is 17.2 Å². The second kappa shape index (κ2) is 6.92. The van der Waals surface area contributed by atoms with Crippen LogP contribution in [0.3, 0.4) is 0 Å². The van der Waals surface area contributed by atoms with Gasteiger partial charge >= 0.3 is 0 Å². The number of rotatable bonds is 2. The van der Waals surface area contributed by atoms with Gasteiger partial charge in [0.15, 0.2) is 0 Å². The molecule has 1 aliphatic rings. The lowest BCUT2D eigenvalue weighted by Crippen LogP contribution is -2.42. The van der Waals surface area contributed by atoms with Crippen molar-refractivity contribution in [3.05, 3.63) is 21.9 Å². The van der Waals surface area contributed by atoms with Gasteiger partial charge in [0, 0.05) is 24.9 Å². The fourth-order valence-corrected chi connectivity index (χ4v) is 3.48. The molecule has 1 saturated heterocycles. The molecule has 3 nitrogen and oxygen atoms in total. The quantitative estimate of drug-likeness (QED) is 0.851. The normalized spacial score (nSPS) is 22.2. The Morgan fingerprint density at radius 1 is 1.45 bits per heavy atom. The molecule has 108 valence electrons. The van der Waals surface area contributed by atoms with Gasteiger partial charge in [0.25, 0.3) is 5.91 Å². The Morgan fingerprint density at radius 2 is 2.15 bits per heavy atom. The van der Waals surface area contributed by atoms with E-state index in [4.69, 9.17) is 5.11 Å². The molecule has 1 fully saturated rings. The average molecular weight is 291 g/mol. The number of carbonyl (C=O) groups is 1. The standard InChI is InChI=1S/C16H21NO2S/c1-12-7-13(2)10-17(9-12)16(19)14-8-15(20-11-14)5-3-4-6-18/h8,11-13,18H,4,6-7,9-10H2,1-2H3. The summed E-state index contributed by atoms with van der Waals surface area (Å²) in [6.45, 7) is 6.19. The molecule has 1 aliphatic heterocycles. The van der Waals surface area contributed by atoms with Crippen molar-refractivity contribution in [1.82, 2.24) is 4.90 Å². The van der Waals surface area contributed by atoms with Gasteiger partial charge in [0.2, 0.25) is 0 Å². The van der Waals surface area contributed by atoms with Crippen molar-refractivity contribution < 1.29 is 9.90 Å². The van der Waals surface area contributed by atoms with E-state index in [1.807, 2.05) is 16.3 Å². The van der Waals surface area contributed by atoms with E-state index < -0.39 is 0 Å². The van der Waals surface area contributed by atoms with Gasteiger partial charge in [-0.2, -0.15) is 0 Å². The number of likely N-dealkylation sites (tertiary alicyclic amines) is 1. The van der Waals surface area contributed by atoms with Crippen molar-refractivity contribution in [3.8, 4) is 11.8 Å². The number of hydrogen-bond donors (Lipinski definition) is 1. The second-order valence-electron chi connectivity index (χ2n) is 5.63. The minimum atomic E-state index is 0.0771. The molecule has 2 heterocycles. The van der Waals surface area contributed by atoms with Gasteiger partial charge in [-0.05, 0) is 24.3 Å². The molecule has 4 heteroatoms. The second-order valence-corrected chi connectivity index (χ2v) is 6.54. The van der Waals surface area contributed by atoms with Gasteiger partial charge in [0.05, 0.1) is 17.0 Å². The molecular weight excluding hydrogens is 270 g/mol. The summed E-state index contributed by atoms with van der Waals surface area (Å²) in [6, 6.07) is 1.86. The molecule has 1 amide bonds. The van der Waals surface area contributed by atoms with E-state index in [0.717, 1.165) is 23.5 Å². The Kier molecular flexibility index (Phi) is 5.22. The van der Waals surface area contributed by atoms with Crippen molar-refractivity contribution in [2.45, 2.75) is 26.7 Å². The molecule has 1 aromatic heterocycles. The highest BCUT2D eigenvalue weighted by molar-refractivity contribution is 7.10. The first kappa shape index (κ1) is 15.1. The summed E-state index contributed by atoms with van der Waals surface area (Å²) >= 11 is 1.49. The first-order valence-electron chi connectivity index (χ1n) is 7.07. The van der Waals surface area contributed by atoms with Crippen LogP contribution in [0, 0.1) is 23.7 Å². The third-order valence-corrected chi connectivity index (χ3v) is 4.30. The summed E-state index contributed by atoms with van der Waals surface area (Å²) in [5.41, 5.74) is 0.740. The van der Waals surface area contributed by atoms with Gasteiger partial charge in [-0.1, -0.05) is 25.7 Å². The summed E-state index contributed by atoms with van der Waals surface area (Å²) in [6.07, 6.45) is 1.67. The molecule has 0 aliphatic carbocycles. The molecule has 0 saturated carbocycles. The zero-order valence-electron chi connectivity index (χ0n) is 12.1. The number of aliphatic hydroxyl groups excluding tert-OH is 1. The zero-order chi connectivity index (χ0) is 14.5. The maximum atomic E-state index is 12.5. The smallest absolute Gasteiger partial charge is 0.254 e.